The van der Waals surface area contributed by atoms with Gasteiger partial charge in [0.25, 0.3) is 0 Å². The smallest absolute Gasteiger partial charge is 0.367 e. The van der Waals surface area contributed by atoms with Crippen LogP contribution in [0.2, 0.25) is 0 Å². The van der Waals surface area contributed by atoms with Crippen molar-refractivity contribution in [1.29, 1.82) is 0 Å². The number of hydrogen-bond acceptors (Lipinski definition) is 5. The maximum absolute atomic E-state index is 14.3. The number of benzene rings is 1. The van der Waals surface area contributed by atoms with Crippen molar-refractivity contribution in [3.8, 4) is 12.3 Å². The number of nitrogens with one attached hydrogen (secondary N) is 3. The summed E-state index contributed by atoms with van der Waals surface area (Å²) in [5, 5.41) is 5.30. The molecule has 1 amide bonds. The number of carbonyl (C=O) groups is 1. The van der Waals surface area contributed by atoms with Gasteiger partial charge >= 0.3 is 6.18 Å². The molecule has 2 aromatic rings. The van der Waals surface area contributed by atoms with Crippen LogP contribution in [0, 0.1) is 18.2 Å². The van der Waals surface area contributed by atoms with Crippen molar-refractivity contribution in [3.05, 3.63) is 58.5 Å². The summed E-state index contributed by atoms with van der Waals surface area (Å²) in [5.41, 5.74) is -0.971. The number of halogens is 4. The number of carbonyl (C=O) groups excluding carboxylic acids is 1. The Morgan fingerprint density at radius 3 is 2.50 bits per heavy atom. The van der Waals surface area contributed by atoms with E-state index in [-0.39, 0.29) is 40.8 Å². The zero-order chi connectivity index (χ0) is 25.7. The molecule has 0 spiro atoms. The lowest BCUT2D eigenvalue weighted by atomic mass is 10.1. The molecule has 0 unspecified atom stereocenters. The van der Waals surface area contributed by atoms with Crippen molar-refractivity contribution >= 4 is 33.5 Å². The van der Waals surface area contributed by atoms with Crippen LogP contribution in [0.1, 0.15) is 36.2 Å². The summed E-state index contributed by atoms with van der Waals surface area (Å²) in [6.45, 7) is 3.31. The van der Waals surface area contributed by atoms with E-state index in [0.717, 1.165) is 24.5 Å². The third-order valence-electron chi connectivity index (χ3n) is 4.12. The van der Waals surface area contributed by atoms with Crippen molar-refractivity contribution in [2.75, 3.05) is 16.3 Å². The minimum atomic E-state index is -4.62. The molecule has 0 atom stereocenters. The molecule has 0 bridgehead atoms. The molecule has 0 saturated carbocycles. The number of amides is 1. The van der Waals surface area contributed by atoms with Gasteiger partial charge < -0.3 is 10.6 Å². The van der Waals surface area contributed by atoms with E-state index < -0.39 is 33.6 Å². The average Bonchev–Trinajstić information content (AvgIpc) is 2.70. The SMILES string of the molecule is C#Cc1cc(CNC(=O)C=Cc2ccc(C(F)(F)F)nc2NC(C)C)cc(F)c1NS(C)(=O)=O. The van der Waals surface area contributed by atoms with E-state index in [0.29, 0.717) is 0 Å². The van der Waals surface area contributed by atoms with Crippen LogP contribution >= 0.6 is 0 Å². The van der Waals surface area contributed by atoms with Gasteiger partial charge in [-0.15, -0.1) is 6.42 Å². The number of rotatable bonds is 8. The van der Waals surface area contributed by atoms with Gasteiger partial charge in [0.1, 0.15) is 17.3 Å². The van der Waals surface area contributed by atoms with Crippen molar-refractivity contribution in [1.82, 2.24) is 10.3 Å². The summed E-state index contributed by atoms with van der Waals surface area (Å²) < 4.78 is 78.0. The molecule has 7 nitrogen and oxygen atoms in total. The molecule has 1 heterocycles. The maximum atomic E-state index is 14.3. The van der Waals surface area contributed by atoms with Gasteiger partial charge in [-0.25, -0.2) is 17.8 Å². The number of hydrogen-bond donors (Lipinski definition) is 3. The van der Waals surface area contributed by atoms with Gasteiger partial charge in [0, 0.05) is 24.2 Å². The number of terminal acetylenes is 1. The Kier molecular flexibility index (Phi) is 8.28. The Labute approximate surface area is 194 Å². The number of alkyl halides is 3. The fourth-order valence-electron chi connectivity index (χ4n) is 2.73. The number of pyridine rings is 1. The number of aromatic nitrogens is 1. The molecular formula is C22H22F4N4O3S. The predicted molar refractivity (Wildman–Crippen MR) is 122 cm³/mol. The monoisotopic (exact) mass is 498 g/mol. The van der Waals surface area contributed by atoms with Gasteiger partial charge in [-0.2, -0.15) is 13.2 Å². The Bertz CT molecular complexity index is 1250. The van der Waals surface area contributed by atoms with Crippen LogP contribution in [0.5, 0.6) is 0 Å². The van der Waals surface area contributed by atoms with E-state index >= 15 is 0 Å². The summed E-state index contributed by atoms with van der Waals surface area (Å²) in [5.74, 6) is 0.614. The van der Waals surface area contributed by atoms with E-state index in [9.17, 15) is 30.8 Å². The summed E-state index contributed by atoms with van der Waals surface area (Å²) in [6.07, 6.45) is 3.94. The molecule has 3 N–H and O–H groups in total. The minimum absolute atomic E-state index is 0.0384. The maximum Gasteiger partial charge on any atom is 0.433 e. The minimum Gasteiger partial charge on any atom is -0.367 e. The summed E-state index contributed by atoms with van der Waals surface area (Å²) in [7, 11) is -3.76. The van der Waals surface area contributed by atoms with E-state index in [1.54, 1.807) is 13.8 Å². The molecule has 0 aliphatic heterocycles. The quantitative estimate of drug-likeness (QED) is 0.293. The summed E-state index contributed by atoms with van der Waals surface area (Å²) in [4.78, 5) is 15.8. The molecule has 0 aliphatic carbocycles. The Hall–Kier alpha value is -3.59. The average molecular weight is 499 g/mol. The first-order chi connectivity index (χ1) is 15.7. The zero-order valence-electron chi connectivity index (χ0n) is 18.4. The lowest BCUT2D eigenvalue weighted by Gasteiger charge is -2.14. The van der Waals surface area contributed by atoms with Crippen LogP contribution in [0.25, 0.3) is 6.08 Å². The first kappa shape index (κ1) is 26.7. The second kappa shape index (κ2) is 10.6. The van der Waals surface area contributed by atoms with Gasteiger partial charge in [0.15, 0.2) is 0 Å². The van der Waals surface area contributed by atoms with Crippen LogP contribution < -0.4 is 15.4 Å². The zero-order valence-corrected chi connectivity index (χ0v) is 19.2. The largest absolute Gasteiger partial charge is 0.433 e. The van der Waals surface area contributed by atoms with Gasteiger partial charge in [-0.05, 0) is 49.8 Å². The molecule has 182 valence electrons. The highest BCUT2D eigenvalue weighted by Crippen LogP contribution is 2.30. The fourth-order valence-corrected chi connectivity index (χ4v) is 3.31. The number of anilines is 2. The van der Waals surface area contributed by atoms with E-state index in [2.05, 4.69) is 21.5 Å². The van der Waals surface area contributed by atoms with Crippen LogP contribution in [-0.2, 0) is 27.5 Å². The normalized spacial score (nSPS) is 12.0. The molecular weight excluding hydrogens is 476 g/mol. The third kappa shape index (κ3) is 7.77. The molecule has 1 aromatic heterocycles. The fraction of sp³-hybridized carbons (Fsp3) is 0.273. The standard InChI is InChI=1S/C22H22F4N4O3S/c1-5-15-10-14(11-17(23)20(15)30-34(4,32)33)12-27-19(31)9-7-16-6-8-18(22(24,25)26)29-21(16)28-13(2)3/h1,6-11,13,30H,12H2,2-4H3,(H,27,31)(H,28,29). The molecule has 0 fully saturated rings. The van der Waals surface area contributed by atoms with Crippen LogP contribution in [0.15, 0.2) is 30.3 Å². The highest BCUT2D eigenvalue weighted by molar-refractivity contribution is 7.92. The molecule has 1 aromatic carbocycles. The first-order valence-corrected chi connectivity index (χ1v) is 11.7. The molecule has 2 rings (SSSR count). The van der Waals surface area contributed by atoms with E-state index in [1.165, 1.54) is 18.2 Å². The van der Waals surface area contributed by atoms with Crippen LogP contribution in [-0.4, -0.2) is 31.6 Å². The summed E-state index contributed by atoms with van der Waals surface area (Å²) >= 11 is 0. The highest BCUT2D eigenvalue weighted by atomic mass is 32.2. The lowest BCUT2D eigenvalue weighted by Crippen LogP contribution is -2.21. The van der Waals surface area contributed by atoms with E-state index in [1.807, 2.05) is 4.72 Å². The third-order valence-corrected chi connectivity index (χ3v) is 4.69. The van der Waals surface area contributed by atoms with Gasteiger partial charge in [-0.3, -0.25) is 9.52 Å². The summed E-state index contributed by atoms with van der Waals surface area (Å²) in [6, 6.07) is 4.14. The molecule has 0 saturated heterocycles. The highest BCUT2D eigenvalue weighted by Gasteiger charge is 2.33. The van der Waals surface area contributed by atoms with Crippen molar-refractivity contribution < 1.29 is 30.8 Å². The predicted octanol–water partition coefficient (Wildman–Crippen LogP) is 3.74. The van der Waals surface area contributed by atoms with Crippen LogP contribution in [0.4, 0.5) is 29.1 Å². The first-order valence-electron chi connectivity index (χ1n) is 9.77. The topological polar surface area (TPSA) is 100 Å². The Morgan fingerprint density at radius 2 is 1.94 bits per heavy atom. The number of sulfonamides is 1. The lowest BCUT2D eigenvalue weighted by molar-refractivity contribution is -0.141. The van der Waals surface area contributed by atoms with Crippen molar-refractivity contribution in [2.24, 2.45) is 0 Å². The van der Waals surface area contributed by atoms with E-state index in [4.69, 9.17) is 6.42 Å². The molecule has 34 heavy (non-hydrogen) atoms. The van der Waals surface area contributed by atoms with Crippen molar-refractivity contribution in [2.45, 2.75) is 32.6 Å². The van der Waals surface area contributed by atoms with Crippen molar-refractivity contribution in [3.63, 3.8) is 0 Å². The van der Waals surface area contributed by atoms with Gasteiger partial charge in [0.2, 0.25) is 15.9 Å². The second-order valence-corrected chi connectivity index (χ2v) is 9.25. The number of nitrogens with zero attached hydrogens (tertiary/aromatic N) is 1. The van der Waals surface area contributed by atoms with Gasteiger partial charge in [-0.1, -0.05) is 5.92 Å². The molecule has 0 radical (unpaired) electrons. The second-order valence-electron chi connectivity index (χ2n) is 7.50. The molecule has 12 heteroatoms. The molecule has 0 aliphatic rings. The Balaban J connectivity index is 2.17. The van der Waals surface area contributed by atoms with Crippen LogP contribution in [0.3, 0.4) is 0 Å². The van der Waals surface area contributed by atoms with Gasteiger partial charge in [0.05, 0.1) is 17.5 Å². The Morgan fingerprint density at radius 1 is 1.26 bits per heavy atom.